The van der Waals surface area contributed by atoms with E-state index in [2.05, 4.69) is 28.3 Å². The van der Waals surface area contributed by atoms with E-state index in [0.29, 0.717) is 0 Å². The highest BCUT2D eigenvalue weighted by atomic mass is 15.0. The fourth-order valence-electron chi connectivity index (χ4n) is 2.04. The molecule has 72 valence electrons. The first-order chi connectivity index (χ1) is 7.42. The zero-order valence-corrected chi connectivity index (χ0v) is 8.22. The first-order valence-corrected chi connectivity index (χ1v) is 4.87. The van der Waals surface area contributed by atoms with E-state index < -0.39 is 0 Å². The van der Waals surface area contributed by atoms with Crippen LogP contribution in [0.25, 0.3) is 28.0 Å². The monoisotopic (exact) mass is 194 g/mol. The Morgan fingerprint density at radius 3 is 2.73 bits per heavy atom. The number of aromatic nitrogens is 2. The Balaban J connectivity index is 2.68. The van der Waals surface area contributed by atoms with Crippen LogP contribution >= 0.6 is 0 Å². The van der Waals surface area contributed by atoms with Gasteiger partial charge in [0.1, 0.15) is 0 Å². The van der Waals surface area contributed by atoms with Gasteiger partial charge < -0.3 is 4.57 Å². The second kappa shape index (κ2) is 2.95. The van der Waals surface area contributed by atoms with Gasteiger partial charge in [-0.1, -0.05) is 24.8 Å². The fraction of sp³-hybridized carbons (Fsp3) is 0. The molecule has 3 aromatic rings. The Morgan fingerprint density at radius 1 is 1.07 bits per heavy atom. The molecule has 0 radical (unpaired) electrons. The molecule has 0 bridgehead atoms. The van der Waals surface area contributed by atoms with Gasteiger partial charge in [-0.2, -0.15) is 0 Å². The Bertz CT molecular complexity index is 596. The number of benzene rings is 1. The van der Waals surface area contributed by atoms with Crippen molar-refractivity contribution in [3.05, 3.63) is 49.3 Å². The van der Waals surface area contributed by atoms with E-state index in [-0.39, 0.29) is 0 Å². The molecule has 0 aliphatic heterocycles. The fourth-order valence-corrected chi connectivity index (χ4v) is 2.04. The summed E-state index contributed by atoms with van der Waals surface area (Å²) < 4.78 is 2.09. The van der Waals surface area contributed by atoms with Gasteiger partial charge in [0.15, 0.2) is 0 Å². The SMILES string of the molecule is C=Cn1c2ccccc2c2cnccc21. The molecule has 15 heavy (non-hydrogen) atoms. The molecule has 0 spiro atoms. The maximum atomic E-state index is 4.16. The summed E-state index contributed by atoms with van der Waals surface area (Å²) in [5, 5.41) is 2.40. The number of hydrogen-bond acceptors (Lipinski definition) is 1. The quantitative estimate of drug-likeness (QED) is 0.581. The molecule has 0 aliphatic rings. The number of fused-ring (bicyclic) bond motifs is 3. The van der Waals surface area contributed by atoms with E-state index >= 15 is 0 Å². The van der Waals surface area contributed by atoms with Crippen molar-refractivity contribution < 1.29 is 0 Å². The lowest BCUT2D eigenvalue weighted by Crippen LogP contribution is -1.83. The summed E-state index contributed by atoms with van der Waals surface area (Å²) in [7, 11) is 0. The first-order valence-electron chi connectivity index (χ1n) is 4.87. The minimum atomic E-state index is 1.15. The minimum Gasteiger partial charge on any atom is -0.316 e. The maximum absolute atomic E-state index is 4.16. The van der Waals surface area contributed by atoms with Crippen molar-refractivity contribution in [1.82, 2.24) is 9.55 Å². The zero-order valence-electron chi connectivity index (χ0n) is 8.22. The molecule has 0 saturated carbocycles. The molecular formula is C13H10N2. The number of hydrogen-bond donors (Lipinski definition) is 0. The second-order valence-electron chi connectivity index (χ2n) is 3.46. The summed E-state index contributed by atoms with van der Waals surface area (Å²) in [5.41, 5.74) is 2.33. The summed E-state index contributed by atoms with van der Waals surface area (Å²) >= 11 is 0. The molecule has 2 nitrogen and oxygen atoms in total. The third-order valence-electron chi connectivity index (χ3n) is 2.69. The number of pyridine rings is 1. The summed E-state index contributed by atoms with van der Waals surface area (Å²) in [5.74, 6) is 0. The van der Waals surface area contributed by atoms with Gasteiger partial charge in [-0.25, -0.2) is 0 Å². The molecule has 2 heteroatoms. The molecule has 0 saturated heterocycles. The average molecular weight is 194 g/mol. The largest absolute Gasteiger partial charge is 0.316 e. The van der Waals surface area contributed by atoms with Crippen LogP contribution in [0.15, 0.2) is 49.3 Å². The molecule has 0 unspecified atom stereocenters. The summed E-state index contributed by atoms with van der Waals surface area (Å²) in [6, 6.07) is 10.3. The van der Waals surface area contributed by atoms with Crippen molar-refractivity contribution in [3.63, 3.8) is 0 Å². The number of nitrogens with zero attached hydrogens (tertiary/aromatic N) is 2. The van der Waals surface area contributed by atoms with E-state index in [1.54, 1.807) is 6.20 Å². The van der Waals surface area contributed by atoms with E-state index in [4.69, 9.17) is 0 Å². The highest BCUT2D eigenvalue weighted by Gasteiger charge is 2.06. The van der Waals surface area contributed by atoms with Gasteiger partial charge >= 0.3 is 0 Å². The van der Waals surface area contributed by atoms with Gasteiger partial charge in [0, 0.05) is 29.4 Å². The molecule has 2 heterocycles. The number of para-hydroxylation sites is 1. The molecule has 3 rings (SSSR count). The molecule has 0 N–H and O–H groups in total. The smallest absolute Gasteiger partial charge is 0.0565 e. The summed E-state index contributed by atoms with van der Waals surface area (Å²) in [6.07, 6.45) is 5.55. The second-order valence-corrected chi connectivity index (χ2v) is 3.46. The van der Waals surface area contributed by atoms with Crippen LogP contribution in [-0.2, 0) is 0 Å². The molecule has 1 aromatic carbocycles. The summed E-state index contributed by atoms with van der Waals surface area (Å²) in [4.78, 5) is 4.16. The van der Waals surface area contributed by atoms with Crippen molar-refractivity contribution >= 4 is 28.0 Å². The van der Waals surface area contributed by atoms with Crippen LogP contribution in [-0.4, -0.2) is 9.55 Å². The molecule has 0 fully saturated rings. The van der Waals surface area contributed by atoms with Crippen LogP contribution in [0.2, 0.25) is 0 Å². The molecule has 0 atom stereocenters. The van der Waals surface area contributed by atoms with Crippen molar-refractivity contribution in [3.8, 4) is 0 Å². The highest BCUT2D eigenvalue weighted by molar-refractivity contribution is 6.08. The van der Waals surface area contributed by atoms with Gasteiger partial charge in [0.25, 0.3) is 0 Å². The van der Waals surface area contributed by atoms with E-state index in [1.165, 1.54) is 16.3 Å². The van der Waals surface area contributed by atoms with Gasteiger partial charge in [-0.05, 0) is 12.1 Å². The van der Waals surface area contributed by atoms with Crippen molar-refractivity contribution in [2.24, 2.45) is 0 Å². The average Bonchev–Trinajstić information content (AvgIpc) is 2.63. The third kappa shape index (κ3) is 1.02. The Kier molecular flexibility index (Phi) is 1.62. The van der Waals surface area contributed by atoms with Crippen LogP contribution < -0.4 is 0 Å². The lowest BCUT2D eigenvalue weighted by Gasteiger charge is -1.97. The molecule has 2 aromatic heterocycles. The van der Waals surface area contributed by atoms with Gasteiger partial charge in [-0.15, -0.1) is 0 Å². The van der Waals surface area contributed by atoms with Crippen molar-refractivity contribution in [1.29, 1.82) is 0 Å². The Labute approximate surface area is 87.5 Å². The zero-order chi connectivity index (χ0) is 10.3. The van der Waals surface area contributed by atoms with Crippen molar-refractivity contribution in [2.45, 2.75) is 0 Å². The molecule has 0 aliphatic carbocycles. The standard InChI is InChI=1S/C13H10N2/c1-2-15-12-6-4-3-5-10(12)11-9-14-8-7-13(11)15/h2-9H,1H2. The van der Waals surface area contributed by atoms with Gasteiger partial charge in [0.2, 0.25) is 0 Å². The topological polar surface area (TPSA) is 17.8 Å². The predicted molar refractivity (Wildman–Crippen MR) is 63.6 cm³/mol. The maximum Gasteiger partial charge on any atom is 0.0565 e. The first kappa shape index (κ1) is 8.24. The van der Waals surface area contributed by atoms with Crippen molar-refractivity contribution in [2.75, 3.05) is 0 Å². The van der Waals surface area contributed by atoms with E-state index in [9.17, 15) is 0 Å². The highest BCUT2D eigenvalue weighted by Crippen LogP contribution is 2.27. The van der Waals surface area contributed by atoms with Gasteiger partial charge in [-0.3, -0.25) is 4.98 Å². The van der Waals surface area contributed by atoms with Crippen LogP contribution in [0.4, 0.5) is 0 Å². The van der Waals surface area contributed by atoms with Crippen LogP contribution in [0.5, 0.6) is 0 Å². The van der Waals surface area contributed by atoms with E-state index in [0.717, 1.165) is 5.52 Å². The lowest BCUT2D eigenvalue weighted by atomic mass is 10.2. The van der Waals surface area contributed by atoms with Crippen LogP contribution in [0, 0.1) is 0 Å². The van der Waals surface area contributed by atoms with E-state index in [1.807, 2.05) is 30.6 Å². The number of rotatable bonds is 1. The Morgan fingerprint density at radius 2 is 1.87 bits per heavy atom. The lowest BCUT2D eigenvalue weighted by molar-refractivity contribution is 1.28. The van der Waals surface area contributed by atoms with Gasteiger partial charge in [0.05, 0.1) is 11.0 Å². The summed E-state index contributed by atoms with van der Waals surface area (Å²) in [6.45, 7) is 3.85. The molecular weight excluding hydrogens is 184 g/mol. The Hall–Kier alpha value is -2.09. The normalized spacial score (nSPS) is 10.9. The predicted octanol–water partition coefficient (Wildman–Crippen LogP) is 3.29. The third-order valence-corrected chi connectivity index (χ3v) is 2.69. The van der Waals surface area contributed by atoms with Crippen LogP contribution in [0.1, 0.15) is 0 Å². The van der Waals surface area contributed by atoms with Crippen LogP contribution in [0.3, 0.4) is 0 Å². The minimum absolute atomic E-state index is 1.15. The molecule has 0 amide bonds.